The van der Waals surface area contributed by atoms with Crippen molar-refractivity contribution in [2.75, 3.05) is 0 Å². The molecule has 0 saturated heterocycles. The first kappa shape index (κ1) is 11.5. The second-order valence-electron chi connectivity index (χ2n) is 2.93. The monoisotopic (exact) mass is 302 g/mol. The fraction of sp³-hybridized carbons (Fsp3) is 0.100. The van der Waals surface area contributed by atoms with E-state index in [4.69, 9.17) is 10.5 Å². The summed E-state index contributed by atoms with van der Waals surface area (Å²) in [5, 5.41) is 0.373. The van der Waals surface area contributed by atoms with Crippen LogP contribution < -0.4 is 10.5 Å². The number of hydrogen-bond donors (Lipinski definition) is 1. The lowest BCUT2D eigenvalue weighted by atomic mass is 10.3. The summed E-state index contributed by atoms with van der Waals surface area (Å²) < 4.78 is 19.2. The molecule has 0 atom stereocenters. The molecule has 1 heterocycles. The Morgan fingerprint density at radius 3 is 2.81 bits per heavy atom. The Labute approximate surface area is 104 Å². The van der Waals surface area contributed by atoms with E-state index in [0.717, 1.165) is 4.88 Å². The van der Waals surface area contributed by atoms with Gasteiger partial charge < -0.3 is 10.5 Å². The molecule has 0 aliphatic carbocycles. The number of para-hydroxylation sites is 1. The summed E-state index contributed by atoms with van der Waals surface area (Å²) >= 11 is 4.55. The van der Waals surface area contributed by atoms with Crippen molar-refractivity contribution >= 4 is 27.3 Å². The van der Waals surface area contributed by atoms with Crippen LogP contribution in [-0.2, 0) is 6.54 Å². The van der Waals surface area contributed by atoms with Crippen molar-refractivity contribution in [2.45, 2.75) is 6.54 Å². The number of benzene rings is 1. The molecule has 2 rings (SSSR count). The van der Waals surface area contributed by atoms with Crippen LogP contribution in [0.2, 0.25) is 0 Å². The predicted octanol–water partition coefficient (Wildman–Crippen LogP) is 3.30. The summed E-state index contributed by atoms with van der Waals surface area (Å²) in [4.78, 5) is 4.95. The highest BCUT2D eigenvalue weighted by molar-refractivity contribution is 9.10. The molecule has 0 saturated carbocycles. The maximum Gasteiger partial charge on any atom is 0.280 e. The van der Waals surface area contributed by atoms with E-state index in [1.54, 1.807) is 18.2 Å². The Hall–Kier alpha value is -0.980. The third-order valence-electron chi connectivity index (χ3n) is 1.85. The SMILES string of the molecule is NCc1sc(Oc2ccccc2F)nc1Br. The van der Waals surface area contributed by atoms with Crippen LogP contribution in [0.5, 0.6) is 10.9 Å². The van der Waals surface area contributed by atoms with Crippen molar-refractivity contribution in [1.29, 1.82) is 0 Å². The van der Waals surface area contributed by atoms with Gasteiger partial charge in [-0.15, -0.1) is 0 Å². The number of halogens is 2. The first-order chi connectivity index (χ1) is 7.70. The molecular weight excluding hydrogens is 295 g/mol. The van der Waals surface area contributed by atoms with Gasteiger partial charge in [0.25, 0.3) is 5.19 Å². The van der Waals surface area contributed by atoms with Crippen LogP contribution in [0.4, 0.5) is 4.39 Å². The molecule has 1 aromatic heterocycles. The highest BCUT2D eigenvalue weighted by atomic mass is 79.9. The second kappa shape index (κ2) is 4.90. The quantitative estimate of drug-likeness (QED) is 0.946. The number of thiazole rings is 1. The number of ether oxygens (including phenoxy) is 1. The van der Waals surface area contributed by atoms with Crippen LogP contribution >= 0.6 is 27.3 Å². The summed E-state index contributed by atoms with van der Waals surface area (Å²) in [6.07, 6.45) is 0. The van der Waals surface area contributed by atoms with Crippen molar-refractivity contribution in [1.82, 2.24) is 4.98 Å². The van der Waals surface area contributed by atoms with Crippen molar-refractivity contribution in [3.8, 4) is 10.9 Å². The van der Waals surface area contributed by atoms with Gasteiger partial charge in [0, 0.05) is 6.54 Å². The molecule has 6 heteroatoms. The number of rotatable bonds is 3. The van der Waals surface area contributed by atoms with E-state index in [2.05, 4.69) is 20.9 Å². The standard InChI is InChI=1S/C10H8BrFN2OS/c11-9-8(5-13)16-10(14-9)15-7-4-2-1-3-6(7)12/h1-4H,5,13H2. The molecule has 2 aromatic rings. The van der Waals surface area contributed by atoms with E-state index in [1.165, 1.54) is 17.4 Å². The fourth-order valence-electron chi connectivity index (χ4n) is 1.10. The minimum atomic E-state index is -0.414. The van der Waals surface area contributed by atoms with Crippen molar-refractivity contribution in [2.24, 2.45) is 5.73 Å². The topological polar surface area (TPSA) is 48.1 Å². The Bertz CT molecular complexity index is 503. The zero-order valence-electron chi connectivity index (χ0n) is 8.11. The van der Waals surface area contributed by atoms with Gasteiger partial charge in [0.05, 0.1) is 4.88 Å². The Balaban J connectivity index is 2.24. The van der Waals surface area contributed by atoms with Crippen LogP contribution in [0.3, 0.4) is 0 Å². The molecule has 0 bridgehead atoms. The van der Waals surface area contributed by atoms with Gasteiger partial charge in [-0.05, 0) is 28.1 Å². The molecule has 84 valence electrons. The molecule has 1 aromatic carbocycles. The first-order valence-corrected chi connectivity index (χ1v) is 6.09. The molecule has 0 aliphatic rings. The van der Waals surface area contributed by atoms with Crippen molar-refractivity contribution < 1.29 is 9.13 Å². The average Bonchev–Trinajstić information content (AvgIpc) is 2.62. The minimum Gasteiger partial charge on any atom is -0.428 e. The highest BCUT2D eigenvalue weighted by Crippen LogP contribution is 2.32. The fourth-order valence-corrected chi connectivity index (χ4v) is 2.48. The lowest BCUT2D eigenvalue weighted by Crippen LogP contribution is -1.92. The zero-order chi connectivity index (χ0) is 11.5. The number of nitrogens with zero attached hydrogens (tertiary/aromatic N) is 1. The van der Waals surface area contributed by atoms with Crippen molar-refractivity contribution in [3.05, 3.63) is 39.6 Å². The largest absolute Gasteiger partial charge is 0.428 e. The predicted molar refractivity (Wildman–Crippen MR) is 64.2 cm³/mol. The molecule has 0 unspecified atom stereocenters. The van der Waals surface area contributed by atoms with E-state index in [0.29, 0.717) is 16.3 Å². The molecule has 0 fully saturated rings. The van der Waals surface area contributed by atoms with Gasteiger partial charge in [-0.2, -0.15) is 4.98 Å². The summed E-state index contributed by atoms with van der Waals surface area (Å²) in [6.45, 7) is 0.374. The average molecular weight is 303 g/mol. The van der Waals surface area contributed by atoms with E-state index in [1.807, 2.05) is 0 Å². The van der Waals surface area contributed by atoms with Crippen LogP contribution in [-0.4, -0.2) is 4.98 Å². The van der Waals surface area contributed by atoms with Gasteiger partial charge in [0.15, 0.2) is 11.6 Å². The van der Waals surface area contributed by atoms with E-state index >= 15 is 0 Å². The van der Waals surface area contributed by atoms with Crippen LogP contribution in [0.15, 0.2) is 28.9 Å². The number of aromatic nitrogens is 1. The molecule has 0 spiro atoms. The number of nitrogens with two attached hydrogens (primary N) is 1. The molecule has 3 nitrogen and oxygen atoms in total. The summed E-state index contributed by atoms with van der Waals surface area (Å²) in [5.41, 5.74) is 5.50. The van der Waals surface area contributed by atoms with E-state index in [9.17, 15) is 4.39 Å². The zero-order valence-corrected chi connectivity index (χ0v) is 10.5. The molecular formula is C10H8BrFN2OS. The lowest BCUT2D eigenvalue weighted by molar-refractivity contribution is 0.439. The Morgan fingerprint density at radius 1 is 1.44 bits per heavy atom. The lowest BCUT2D eigenvalue weighted by Gasteiger charge is -2.01. The summed E-state index contributed by atoms with van der Waals surface area (Å²) in [6, 6.07) is 6.19. The van der Waals surface area contributed by atoms with Gasteiger partial charge >= 0.3 is 0 Å². The van der Waals surface area contributed by atoms with Crippen LogP contribution in [0.1, 0.15) is 4.88 Å². The molecule has 0 aliphatic heterocycles. The van der Waals surface area contributed by atoms with Crippen LogP contribution in [0.25, 0.3) is 0 Å². The molecule has 2 N–H and O–H groups in total. The third kappa shape index (κ3) is 2.40. The van der Waals surface area contributed by atoms with Gasteiger partial charge in [0.2, 0.25) is 0 Å². The molecule has 16 heavy (non-hydrogen) atoms. The van der Waals surface area contributed by atoms with Gasteiger partial charge in [-0.3, -0.25) is 0 Å². The first-order valence-electron chi connectivity index (χ1n) is 4.48. The molecule has 0 amide bonds. The Morgan fingerprint density at radius 2 is 2.19 bits per heavy atom. The van der Waals surface area contributed by atoms with Gasteiger partial charge in [-0.1, -0.05) is 23.5 Å². The van der Waals surface area contributed by atoms with E-state index < -0.39 is 5.82 Å². The third-order valence-corrected chi connectivity index (χ3v) is 3.72. The molecule has 0 radical (unpaired) electrons. The maximum atomic E-state index is 13.3. The Kier molecular flexibility index (Phi) is 3.52. The maximum absolute atomic E-state index is 13.3. The normalized spacial score (nSPS) is 10.4. The summed E-state index contributed by atoms with van der Waals surface area (Å²) in [7, 11) is 0. The smallest absolute Gasteiger partial charge is 0.280 e. The highest BCUT2D eigenvalue weighted by Gasteiger charge is 2.11. The van der Waals surface area contributed by atoms with Crippen molar-refractivity contribution in [3.63, 3.8) is 0 Å². The second-order valence-corrected chi connectivity index (χ2v) is 4.73. The van der Waals surface area contributed by atoms with Crippen LogP contribution in [0, 0.1) is 5.82 Å². The minimum absolute atomic E-state index is 0.160. The van der Waals surface area contributed by atoms with E-state index in [-0.39, 0.29) is 5.75 Å². The van der Waals surface area contributed by atoms with Gasteiger partial charge in [0.1, 0.15) is 4.60 Å². The van der Waals surface area contributed by atoms with Gasteiger partial charge in [-0.25, -0.2) is 4.39 Å². The summed E-state index contributed by atoms with van der Waals surface area (Å²) in [5.74, 6) is -0.254. The number of hydrogen-bond acceptors (Lipinski definition) is 4.